The van der Waals surface area contributed by atoms with Crippen LogP contribution in [0.25, 0.3) is 0 Å². The lowest BCUT2D eigenvalue weighted by Gasteiger charge is -1.95. The van der Waals surface area contributed by atoms with Crippen LogP contribution < -0.4 is 0 Å². The molecule has 0 amide bonds. The first kappa shape index (κ1) is 10.7. The molecule has 0 aliphatic heterocycles. The molecule has 0 radical (unpaired) electrons. The standard InChI is InChI=1S/C10H8FNOS/c11-10-9(7-13)8(4-5-12-10)3-1-2-6-14/h4-5,7,14H,2,6H2. The number of thiol groups is 1. The number of hydrogen-bond donors (Lipinski definition) is 1. The van der Waals surface area contributed by atoms with E-state index in [1.807, 2.05) is 0 Å². The van der Waals surface area contributed by atoms with Gasteiger partial charge in [0.1, 0.15) is 0 Å². The maximum absolute atomic E-state index is 12.9. The molecule has 1 aromatic heterocycles. The molecule has 14 heavy (non-hydrogen) atoms. The van der Waals surface area contributed by atoms with E-state index in [0.29, 0.717) is 24.0 Å². The van der Waals surface area contributed by atoms with Gasteiger partial charge in [-0.3, -0.25) is 4.79 Å². The number of carbonyl (C=O) groups excluding carboxylic acids is 1. The summed E-state index contributed by atoms with van der Waals surface area (Å²) in [6.45, 7) is 0. The SMILES string of the molecule is O=Cc1c(C#CCCS)ccnc1F. The van der Waals surface area contributed by atoms with Gasteiger partial charge in [0.2, 0.25) is 5.95 Å². The van der Waals surface area contributed by atoms with Crippen LogP contribution in [0.15, 0.2) is 12.3 Å². The van der Waals surface area contributed by atoms with Gasteiger partial charge in [-0.05, 0) is 6.07 Å². The number of rotatable bonds is 2. The third-order valence-corrected chi connectivity index (χ3v) is 1.74. The van der Waals surface area contributed by atoms with Crippen molar-refractivity contribution in [1.29, 1.82) is 0 Å². The summed E-state index contributed by atoms with van der Waals surface area (Å²) in [6, 6.07) is 1.51. The van der Waals surface area contributed by atoms with Crippen molar-refractivity contribution in [2.75, 3.05) is 5.75 Å². The molecule has 0 atom stereocenters. The van der Waals surface area contributed by atoms with Crippen molar-refractivity contribution in [3.8, 4) is 11.8 Å². The van der Waals surface area contributed by atoms with E-state index in [1.54, 1.807) is 0 Å². The molecule has 1 heterocycles. The van der Waals surface area contributed by atoms with Gasteiger partial charge in [0.25, 0.3) is 0 Å². The first-order chi connectivity index (χ1) is 6.79. The summed E-state index contributed by atoms with van der Waals surface area (Å²) >= 11 is 3.98. The number of pyridine rings is 1. The largest absolute Gasteiger partial charge is 0.298 e. The molecule has 1 aromatic rings. The van der Waals surface area contributed by atoms with E-state index in [1.165, 1.54) is 12.3 Å². The Morgan fingerprint density at radius 2 is 2.43 bits per heavy atom. The van der Waals surface area contributed by atoms with Crippen LogP contribution in [0.1, 0.15) is 22.3 Å². The Labute approximate surface area is 87.0 Å². The number of nitrogens with zero attached hydrogens (tertiary/aromatic N) is 1. The number of aromatic nitrogens is 1. The first-order valence-electron chi connectivity index (χ1n) is 3.99. The molecule has 2 nitrogen and oxygen atoms in total. The van der Waals surface area contributed by atoms with Crippen LogP contribution in [0.4, 0.5) is 4.39 Å². The highest BCUT2D eigenvalue weighted by Gasteiger charge is 2.05. The zero-order chi connectivity index (χ0) is 10.4. The second-order valence-corrected chi connectivity index (χ2v) is 2.90. The Kier molecular flexibility index (Phi) is 4.14. The van der Waals surface area contributed by atoms with Gasteiger partial charge >= 0.3 is 0 Å². The van der Waals surface area contributed by atoms with E-state index in [2.05, 4.69) is 29.5 Å². The molecule has 0 N–H and O–H groups in total. The highest BCUT2D eigenvalue weighted by Crippen LogP contribution is 2.06. The maximum Gasteiger partial charge on any atom is 0.224 e. The molecule has 0 aliphatic carbocycles. The van der Waals surface area contributed by atoms with Gasteiger partial charge < -0.3 is 0 Å². The van der Waals surface area contributed by atoms with Crippen LogP contribution in [0.2, 0.25) is 0 Å². The fourth-order valence-corrected chi connectivity index (χ4v) is 0.994. The summed E-state index contributed by atoms with van der Waals surface area (Å²) < 4.78 is 12.9. The fraction of sp³-hybridized carbons (Fsp3) is 0.200. The topological polar surface area (TPSA) is 30.0 Å². The van der Waals surface area contributed by atoms with Gasteiger partial charge in [-0.1, -0.05) is 11.8 Å². The third kappa shape index (κ3) is 2.57. The normalized spacial score (nSPS) is 9.00. The Bertz CT molecular complexity index is 395. The zero-order valence-electron chi connectivity index (χ0n) is 7.33. The second kappa shape index (κ2) is 5.40. The number of hydrogen-bond acceptors (Lipinski definition) is 3. The summed E-state index contributed by atoms with van der Waals surface area (Å²) in [7, 11) is 0. The summed E-state index contributed by atoms with van der Waals surface area (Å²) in [5, 5.41) is 0. The lowest BCUT2D eigenvalue weighted by molar-refractivity contribution is 0.111. The first-order valence-corrected chi connectivity index (χ1v) is 4.62. The van der Waals surface area contributed by atoms with Crippen molar-refractivity contribution in [1.82, 2.24) is 4.98 Å². The predicted octanol–water partition coefficient (Wildman–Crippen LogP) is 1.70. The van der Waals surface area contributed by atoms with Crippen molar-refractivity contribution >= 4 is 18.9 Å². The molecule has 0 spiro atoms. The molecule has 0 aromatic carbocycles. The Morgan fingerprint density at radius 1 is 1.64 bits per heavy atom. The third-order valence-electron chi connectivity index (χ3n) is 1.52. The minimum absolute atomic E-state index is 0.0841. The van der Waals surface area contributed by atoms with E-state index in [9.17, 15) is 9.18 Å². The van der Waals surface area contributed by atoms with Gasteiger partial charge in [0, 0.05) is 23.9 Å². The Hall–Kier alpha value is -1.34. The monoisotopic (exact) mass is 209 g/mol. The molecule has 4 heteroatoms. The van der Waals surface area contributed by atoms with Crippen LogP contribution in [-0.2, 0) is 0 Å². The van der Waals surface area contributed by atoms with E-state index in [4.69, 9.17) is 0 Å². The highest BCUT2D eigenvalue weighted by atomic mass is 32.1. The summed E-state index contributed by atoms with van der Waals surface area (Å²) in [6.07, 6.45) is 2.31. The molecule has 0 fully saturated rings. The molecule has 1 rings (SSSR count). The number of carbonyl (C=O) groups is 1. The molecular formula is C10H8FNOS. The molecule has 0 bridgehead atoms. The van der Waals surface area contributed by atoms with Crippen molar-refractivity contribution in [2.45, 2.75) is 6.42 Å². The van der Waals surface area contributed by atoms with Crippen LogP contribution in [0, 0.1) is 17.8 Å². The van der Waals surface area contributed by atoms with E-state index < -0.39 is 5.95 Å². The van der Waals surface area contributed by atoms with E-state index >= 15 is 0 Å². The minimum atomic E-state index is -0.780. The summed E-state index contributed by atoms with van der Waals surface area (Å²) in [5.74, 6) is 5.33. The Balaban J connectivity index is 3.04. The van der Waals surface area contributed by atoms with Gasteiger partial charge in [0.15, 0.2) is 6.29 Å². The van der Waals surface area contributed by atoms with Gasteiger partial charge in [-0.2, -0.15) is 17.0 Å². The average Bonchev–Trinajstić information content (AvgIpc) is 2.18. The van der Waals surface area contributed by atoms with Crippen molar-refractivity contribution in [3.05, 3.63) is 29.3 Å². The summed E-state index contributed by atoms with van der Waals surface area (Å²) in [5.41, 5.74) is 0.286. The quantitative estimate of drug-likeness (QED) is 0.348. The number of halogens is 1. The number of aldehydes is 1. The van der Waals surface area contributed by atoms with Crippen molar-refractivity contribution < 1.29 is 9.18 Å². The maximum atomic E-state index is 12.9. The van der Waals surface area contributed by atoms with Crippen LogP contribution in [0.3, 0.4) is 0 Å². The van der Waals surface area contributed by atoms with E-state index in [0.717, 1.165) is 0 Å². The smallest absolute Gasteiger partial charge is 0.224 e. The van der Waals surface area contributed by atoms with Crippen LogP contribution in [0.5, 0.6) is 0 Å². The van der Waals surface area contributed by atoms with E-state index in [-0.39, 0.29) is 5.56 Å². The predicted molar refractivity (Wildman–Crippen MR) is 54.9 cm³/mol. The lowest BCUT2D eigenvalue weighted by Crippen LogP contribution is -1.95. The Morgan fingerprint density at radius 3 is 3.07 bits per heavy atom. The summed E-state index contributed by atoms with van der Waals surface area (Å²) in [4.78, 5) is 13.9. The molecular weight excluding hydrogens is 201 g/mol. The molecule has 0 aliphatic rings. The zero-order valence-corrected chi connectivity index (χ0v) is 8.22. The molecule has 0 saturated carbocycles. The molecule has 0 unspecified atom stereocenters. The van der Waals surface area contributed by atoms with Crippen LogP contribution in [-0.4, -0.2) is 17.0 Å². The van der Waals surface area contributed by atoms with Gasteiger partial charge in [0.05, 0.1) is 5.56 Å². The van der Waals surface area contributed by atoms with Crippen molar-refractivity contribution in [2.24, 2.45) is 0 Å². The fourth-order valence-electron chi connectivity index (χ4n) is 0.882. The van der Waals surface area contributed by atoms with Crippen LogP contribution >= 0.6 is 12.6 Å². The minimum Gasteiger partial charge on any atom is -0.298 e. The second-order valence-electron chi connectivity index (χ2n) is 2.46. The highest BCUT2D eigenvalue weighted by molar-refractivity contribution is 7.80. The van der Waals surface area contributed by atoms with Gasteiger partial charge in [-0.25, -0.2) is 4.98 Å². The molecule has 72 valence electrons. The van der Waals surface area contributed by atoms with Gasteiger partial charge in [-0.15, -0.1) is 0 Å². The average molecular weight is 209 g/mol. The van der Waals surface area contributed by atoms with Crippen molar-refractivity contribution in [3.63, 3.8) is 0 Å². The molecule has 0 saturated heterocycles. The lowest BCUT2D eigenvalue weighted by atomic mass is 10.1.